The van der Waals surface area contributed by atoms with E-state index in [9.17, 15) is 5.11 Å². The number of rotatable bonds is 4. The number of hydrogen-bond donors (Lipinski definition) is 2. The van der Waals surface area contributed by atoms with E-state index in [0.717, 1.165) is 17.9 Å². The van der Waals surface area contributed by atoms with Crippen LogP contribution in [0.25, 0.3) is 0 Å². The summed E-state index contributed by atoms with van der Waals surface area (Å²) in [5.41, 5.74) is 2.27. The van der Waals surface area contributed by atoms with Crippen LogP contribution in [0.1, 0.15) is 37.7 Å². The van der Waals surface area contributed by atoms with Crippen LogP contribution in [-0.2, 0) is 18.5 Å². The lowest BCUT2D eigenvalue weighted by molar-refractivity contribution is 0.305. The predicted octanol–water partition coefficient (Wildman–Crippen LogP) is 3.04. The average molecular weight is 273 g/mol. The molecule has 0 spiro atoms. The summed E-state index contributed by atoms with van der Waals surface area (Å²) >= 11 is 0. The van der Waals surface area contributed by atoms with Gasteiger partial charge in [-0.05, 0) is 24.1 Å². The Balaban J connectivity index is 2.12. The number of phenolic OH excluding ortho intramolecular Hbond substituents is 1. The summed E-state index contributed by atoms with van der Waals surface area (Å²) in [6.07, 6.45) is 3.57. The number of H-pyrrole nitrogens is 1. The normalized spacial score (nSPS) is 12.1. The topological polar surface area (TPSA) is 52.2 Å². The molecular formula is C16H23N3O. The Labute approximate surface area is 120 Å². The van der Waals surface area contributed by atoms with Crippen molar-refractivity contribution in [2.45, 2.75) is 39.3 Å². The summed E-state index contributed by atoms with van der Waals surface area (Å²) in [6, 6.07) is 5.87. The molecule has 1 aromatic heterocycles. The Kier molecular flexibility index (Phi) is 4.14. The molecule has 0 saturated heterocycles. The largest absolute Gasteiger partial charge is 0.508 e. The van der Waals surface area contributed by atoms with Gasteiger partial charge in [-0.15, -0.1) is 0 Å². The fourth-order valence-electron chi connectivity index (χ4n) is 2.17. The maximum absolute atomic E-state index is 10.0. The van der Waals surface area contributed by atoms with Crippen molar-refractivity contribution in [1.29, 1.82) is 0 Å². The molecular weight excluding hydrogens is 250 g/mol. The summed E-state index contributed by atoms with van der Waals surface area (Å²) in [5.74, 6) is 1.28. The van der Waals surface area contributed by atoms with Gasteiger partial charge in [-0.2, -0.15) is 0 Å². The molecule has 0 unspecified atom stereocenters. The highest BCUT2D eigenvalue weighted by atomic mass is 16.3. The third-order valence-corrected chi connectivity index (χ3v) is 3.36. The van der Waals surface area contributed by atoms with Gasteiger partial charge in [0.1, 0.15) is 11.6 Å². The lowest BCUT2D eigenvalue weighted by Crippen LogP contribution is -2.19. The molecule has 20 heavy (non-hydrogen) atoms. The molecule has 0 bridgehead atoms. The lowest BCUT2D eigenvalue weighted by Gasteiger charge is -2.22. The van der Waals surface area contributed by atoms with E-state index in [0.29, 0.717) is 12.3 Å². The standard InChI is InChI=1S/C16H23N3O/c1-16(2,3)13-5-6-14(20)12(9-13)10-19(4)11-15-17-7-8-18-15/h5-9,20H,10-11H2,1-4H3,(H,17,18). The van der Waals surface area contributed by atoms with E-state index in [1.165, 1.54) is 5.56 Å². The second kappa shape index (κ2) is 5.67. The van der Waals surface area contributed by atoms with E-state index in [-0.39, 0.29) is 5.41 Å². The number of aromatic amines is 1. The average Bonchev–Trinajstić information content (AvgIpc) is 2.83. The summed E-state index contributed by atoms with van der Waals surface area (Å²) in [6.45, 7) is 7.95. The Hall–Kier alpha value is -1.81. The molecule has 2 N–H and O–H groups in total. The van der Waals surface area contributed by atoms with E-state index in [1.54, 1.807) is 12.3 Å². The Bertz CT molecular complexity index is 556. The molecule has 0 amide bonds. The summed E-state index contributed by atoms with van der Waals surface area (Å²) < 4.78 is 0. The van der Waals surface area contributed by atoms with Gasteiger partial charge in [0.05, 0.1) is 6.54 Å². The minimum atomic E-state index is 0.0853. The van der Waals surface area contributed by atoms with Crippen molar-refractivity contribution in [3.63, 3.8) is 0 Å². The van der Waals surface area contributed by atoms with Crippen molar-refractivity contribution >= 4 is 0 Å². The summed E-state index contributed by atoms with van der Waals surface area (Å²) in [7, 11) is 2.02. The fourth-order valence-corrected chi connectivity index (χ4v) is 2.17. The van der Waals surface area contributed by atoms with Gasteiger partial charge in [0, 0.05) is 24.5 Å². The van der Waals surface area contributed by atoms with Gasteiger partial charge in [0.15, 0.2) is 0 Å². The Morgan fingerprint density at radius 3 is 2.60 bits per heavy atom. The zero-order chi connectivity index (χ0) is 14.8. The van der Waals surface area contributed by atoms with Crippen molar-refractivity contribution in [3.05, 3.63) is 47.5 Å². The first-order valence-electron chi connectivity index (χ1n) is 6.85. The summed E-state index contributed by atoms with van der Waals surface area (Å²) in [4.78, 5) is 9.43. The molecule has 2 aromatic rings. The molecule has 4 heteroatoms. The number of aromatic hydroxyl groups is 1. The van der Waals surface area contributed by atoms with Crippen LogP contribution in [0.2, 0.25) is 0 Å². The highest BCUT2D eigenvalue weighted by Gasteiger charge is 2.16. The maximum Gasteiger partial charge on any atom is 0.120 e. The second-order valence-electron chi connectivity index (χ2n) is 6.30. The lowest BCUT2D eigenvalue weighted by atomic mass is 9.86. The smallest absolute Gasteiger partial charge is 0.120 e. The molecule has 1 aromatic carbocycles. The van der Waals surface area contributed by atoms with Gasteiger partial charge in [0.25, 0.3) is 0 Å². The van der Waals surface area contributed by atoms with Crippen molar-refractivity contribution in [2.24, 2.45) is 0 Å². The second-order valence-corrected chi connectivity index (χ2v) is 6.30. The van der Waals surface area contributed by atoms with Gasteiger partial charge >= 0.3 is 0 Å². The van der Waals surface area contributed by atoms with Gasteiger partial charge in [-0.25, -0.2) is 4.98 Å². The molecule has 4 nitrogen and oxygen atoms in total. The van der Waals surface area contributed by atoms with Gasteiger partial charge < -0.3 is 10.1 Å². The third-order valence-electron chi connectivity index (χ3n) is 3.36. The van der Waals surface area contributed by atoms with Gasteiger partial charge in [-0.1, -0.05) is 32.9 Å². The number of imidazole rings is 1. The fraction of sp³-hybridized carbons (Fsp3) is 0.438. The Morgan fingerprint density at radius 2 is 2.00 bits per heavy atom. The van der Waals surface area contributed by atoms with Crippen molar-refractivity contribution in [2.75, 3.05) is 7.05 Å². The third kappa shape index (κ3) is 3.61. The molecule has 0 aliphatic rings. The van der Waals surface area contributed by atoms with Crippen molar-refractivity contribution in [3.8, 4) is 5.75 Å². The molecule has 0 aliphatic carbocycles. The van der Waals surface area contributed by atoms with E-state index in [2.05, 4.69) is 41.7 Å². The number of aromatic nitrogens is 2. The molecule has 1 heterocycles. The highest BCUT2D eigenvalue weighted by Crippen LogP contribution is 2.28. The zero-order valence-corrected chi connectivity index (χ0v) is 12.6. The van der Waals surface area contributed by atoms with Crippen LogP contribution in [-0.4, -0.2) is 27.0 Å². The summed E-state index contributed by atoms with van der Waals surface area (Å²) in [5, 5.41) is 10.0. The van der Waals surface area contributed by atoms with Gasteiger partial charge in [0.2, 0.25) is 0 Å². The first-order valence-corrected chi connectivity index (χ1v) is 6.85. The molecule has 0 fully saturated rings. The SMILES string of the molecule is CN(Cc1ncc[nH]1)Cc1cc(C(C)(C)C)ccc1O. The predicted molar refractivity (Wildman–Crippen MR) is 80.6 cm³/mol. The molecule has 0 saturated carbocycles. The number of nitrogens with zero attached hydrogens (tertiary/aromatic N) is 2. The van der Waals surface area contributed by atoms with Crippen LogP contribution in [0.3, 0.4) is 0 Å². The van der Waals surface area contributed by atoms with Crippen molar-refractivity contribution in [1.82, 2.24) is 14.9 Å². The minimum absolute atomic E-state index is 0.0853. The van der Waals surface area contributed by atoms with Crippen LogP contribution in [0.5, 0.6) is 5.75 Å². The van der Waals surface area contributed by atoms with Crippen LogP contribution in [0, 0.1) is 0 Å². The van der Waals surface area contributed by atoms with E-state index in [4.69, 9.17) is 0 Å². The van der Waals surface area contributed by atoms with E-state index < -0.39 is 0 Å². The van der Waals surface area contributed by atoms with Crippen molar-refractivity contribution < 1.29 is 5.11 Å². The minimum Gasteiger partial charge on any atom is -0.508 e. The number of phenols is 1. The molecule has 108 valence electrons. The number of hydrogen-bond acceptors (Lipinski definition) is 3. The van der Waals surface area contributed by atoms with Crippen LogP contribution in [0.15, 0.2) is 30.6 Å². The quantitative estimate of drug-likeness (QED) is 0.900. The van der Waals surface area contributed by atoms with E-state index in [1.807, 2.05) is 19.3 Å². The first kappa shape index (κ1) is 14.6. The van der Waals surface area contributed by atoms with Crippen LogP contribution >= 0.6 is 0 Å². The highest BCUT2D eigenvalue weighted by molar-refractivity contribution is 5.38. The zero-order valence-electron chi connectivity index (χ0n) is 12.6. The number of nitrogens with one attached hydrogen (secondary N) is 1. The molecule has 0 radical (unpaired) electrons. The Morgan fingerprint density at radius 1 is 1.25 bits per heavy atom. The van der Waals surface area contributed by atoms with Crippen LogP contribution in [0.4, 0.5) is 0 Å². The number of benzene rings is 1. The molecule has 0 aliphatic heterocycles. The molecule has 0 atom stereocenters. The first-order chi connectivity index (χ1) is 9.36. The monoisotopic (exact) mass is 273 g/mol. The van der Waals surface area contributed by atoms with Crippen LogP contribution < -0.4 is 0 Å². The van der Waals surface area contributed by atoms with Gasteiger partial charge in [-0.3, -0.25) is 4.90 Å². The maximum atomic E-state index is 10.0. The van der Waals surface area contributed by atoms with E-state index >= 15 is 0 Å². The molecule has 2 rings (SSSR count).